The maximum atomic E-state index is 13.5. The highest BCUT2D eigenvalue weighted by Gasteiger charge is 2.04. The van der Waals surface area contributed by atoms with E-state index in [9.17, 15) is 4.39 Å². The van der Waals surface area contributed by atoms with Crippen LogP contribution in [0.15, 0.2) is 30.6 Å². The fraction of sp³-hybridized carbons (Fsp3) is 0.0909. The summed E-state index contributed by atoms with van der Waals surface area (Å²) in [7, 11) is 0. The first kappa shape index (κ1) is 11.3. The van der Waals surface area contributed by atoms with Gasteiger partial charge in [0.2, 0.25) is 0 Å². The van der Waals surface area contributed by atoms with Gasteiger partial charge in [-0.1, -0.05) is 6.07 Å². The molecule has 1 aromatic heterocycles. The second-order valence-corrected chi connectivity index (χ2v) is 3.54. The van der Waals surface area contributed by atoms with Gasteiger partial charge in [-0.2, -0.15) is 0 Å². The molecule has 0 aliphatic carbocycles. The molecule has 88 valence electrons. The Morgan fingerprint density at radius 2 is 2.00 bits per heavy atom. The van der Waals surface area contributed by atoms with Gasteiger partial charge in [0.1, 0.15) is 5.82 Å². The summed E-state index contributed by atoms with van der Waals surface area (Å²) < 4.78 is 13.5. The molecule has 2 rings (SSSR count). The van der Waals surface area contributed by atoms with Gasteiger partial charge in [-0.25, -0.2) is 15.2 Å². The molecule has 0 fully saturated rings. The number of rotatable bonds is 3. The molecule has 0 spiro atoms. The molecule has 0 radical (unpaired) electrons. The molecule has 5 nitrogen and oxygen atoms in total. The van der Waals surface area contributed by atoms with E-state index in [0.29, 0.717) is 17.3 Å². The highest BCUT2D eigenvalue weighted by molar-refractivity contribution is 5.58. The number of nitrogen functional groups attached to an aromatic ring is 1. The third-order valence-corrected chi connectivity index (χ3v) is 2.17. The predicted octanol–water partition coefficient (Wildman–Crippen LogP) is 1.95. The van der Waals surface area contributed by atoms with Crippen LogP contribution < -0.4 is 16.6 Å². The number of aryl methyl sites for hydroxylation is 1. The number of benzene rings is 1. The standard InChI is InChI=1S/C11H12FN5/c1-7-2-3-8(12)9(4-7)15-10-5-14-6-11(16-10)17-13/h2-6H,13H2,1H3,(H2,15,16,17). The van der Waals surface area contributed by atoms with Crippen molar-refractivity contribution in [1.82, 2.24) is 9.97 Å². The van der Waals surface area contributed by atoms with Crippen LogP contribution in [0.4, 0.5) is 21.7 Å². The third kappa shape index (κ3) is 2.67. The summed E-state index contributed by atoms with van der Waals surface area (Å²) in [6, 6.07) is 4.79. The van der Waals surface area contributed by atoms with E-state index in [2.05, 4.69) is 20.7 Å². The van der Waals surface area contributed by atoms with Crippen molar-refractivity contribution in [3.63, 3.8) is 0 Å². The van der Waals surface area contributed by atoms with Crippen molar-refractivity contribution < 1.29 is 4.39 Å². The highest BCUT2D eigenvalue weighted by atomic mass is 19.1. The van der Waals surface area contributed by atoms with Gasteiger partial charge in [0, 0.05) is 0 Å². The normalized spacial score (nSPS) is 10.1. The van der Waals surface area contributed by atoms with Crippen molar-refractivity contribution in [3.8, 4) is 0 Å². The van der Waals surface area contributed by atoms with Crippen molar-refractivity contribution in [1.29, 1.82) is 0 Å². The monoisotopic (exact) mass is 233 g/mol. The molecule has 0 atom stereocenters. The molecular weight excluding hydrogens is 221 g/mol. The van der Waals surface area contributed by atoms with Crippen LogP contribution in [0.2, 0.25) is 0 Å². The SMILES string of the molecule is Cc1ccc(F)c(Nc2cncc(NN)n2)c1. The van der Waals surface area contributed by atoms with Crippen LogP contribution in [-0.2, 0) is 0 Å². The summed E-state index contributed by atoms with van der Waals surface area (Å²) in [4.78, 5) is 7.99. The number of hydrogen-bond acceptors (Lipinski definition) is 5. The van der Waals surface area contributed by atoms with E-state index in [-0.39, 0.29) is 5.82 Å². The summed E-state index contributed by atoms with van der Waals surface area (Å²) in [5.41, 5.74) is 3.68. The van der Waals surface area contributed by atoms with Gasteiger partial charge >= 0.3 is 0 Å². The summed E-state index contributed by atoms with van der Waals surface area (Å²) in [5.74, 6) is 5.69. The molecule has 0 saturated heterocycles. The molecule has 0 bridgehead atoms. The summed E-state index contributed by atoms with van der Waals surface area (Å²) in [5, 5.41) is 2.84. The zero-order valence-electron chi connectivity index (χ0n) is 9.24. The minimum Gasteiger partial charge on any atom is -0.336 e. The number of hydrazine groups is 1. The highest BCUT2D eigenvalue weighted by Crippen LogP contribution is 2.19. The van der Waals surface area contributed by atoms with Gasteiger partial charge in [-0.15, -0.1) is 0 Å². The van der Waals surface area contributed by atoms with Crippen LogP contribution in [-0.4, -0.2) is 9.97 Å². The Morgan fingerprint density at radius 1 is 1.24 bits per heavy atom. The zero-order chi connectivity index (χ0) is 12.3. The molecule has 6 heteroatoms. The lowest BCUT2D eigenvalue weighted by atomic mass is 10.2. The molecule has 1 aromatic carbocycles. The van der Waals surface area contributed by atoms with E-state index >= 15 is 0 Å². The fourth-order valence-electron chi connectivity index (χ4n) is 1.37. The van der Waals surface area contributed by atoms with Crippen LogP contribution >= 0.6 is 0 Å². The Bertz CT molecular complexity index is 529. The molecule has 0 aliphatic heterocycles. The fourth-order valence-corrected chi connectivity index (χ4v) is 1.37. The summed E-state index contributed by atoms with van der Waals surface area (Å²) in [6.07, 6.45) is 2.96. The van der Waals surface area contributed by atoms with Crippen molar-refractivity contribution in [2.24, 2.45) is 5.84 Å². The Kier molecular flexibility index (Phi) is 3.15. The third-order valence-electron chi connectivity index (χ3n) is 2.17. The van der Waals surface area contributed by atoms with E-state index < -0.39 is 0 Å². The van der Waals surface area contributed by atoms with Crippen LogP contribution in [0.1, 0.15) is 5.56 Å². The van der Waals surface area contributed by atoms with Crippen molar-refractivity contribution in [3.05, 3.63) is 42.0 Å². The second kappa shape index (κ2) is 4.75. The smallest absolute Gasteiger partial charge is 0.160 e. The Morgan fingerprint density at radius 3 is 2.76 bits per heavy atom. The van der Waals surface area contributed by atoms with Crippen LogP contribution in [0.3, 0.4) is 0 Å². The lowest BCUT2D eigenvalue weighted by molar-refractivity contribution is 0.631. The lowest BCUT2D eigenvalue weighted by Gasteiger charge is -2.08. The van der Waals surface area contributed by atoms with Gasteiger partial charge < -0.3 is 10.7 Å². The molecule has 17 heavy (non-hydrogen) atoms. The molecule has 2 aromatic rings. The van der Waals surface area contributed by atoms with E-state index in [1.807, 2.05) is 6.92 Å². The number of hydrogen-bond donors (Lipinski definition) is 3. The number of aromatic nitrogens is 2. The Hall–Kier alpha value is -2.21. The van der Waals surface area contributed by atoms with Crippen molar-refractivity contribution >= 4 is 17.3 Å². The molecule has 4 N–H and O–H groups in total. The second-order valence-electron chi connectivity index (χ2n) is 3.54. The minimum atomic E-state index is -0.344. The topological polar surface area (TPSA) is 75.9 Å². The Labute approximate surface area is 97.9 Å². The van der Waals surface area contributed by atoms with E-state index in [1.165, 1.54) is 18.5 Å². The van der Waals surface area contributed by atoms with Crippen molar-refractivity contribution in [2.45, 2.75) is 6.92 Å². The largest absolute Gasteiger partial charge is 0.336 e. The average Bonchev–Trinajstić information content (AvgIpc) is 2.34. The van der Waals surface area contributed by atoms with Gasteiger partial charge in [0.15, 0.2) is 11.6 Å². The first-order valence-electron chi connectivity index (χ1n) is 5.01. The quantitative estimate of drug-likeness (QED) is 0.558. The first-order chi connectivity index (χ1) is 8.19. The van der Waals surface area contributed by atoms with Crippen LogP contribution in [0, 0.1) is 12.7 Å². The number of anilines is 3. The van der Waals surface area contributed by atoms with Gasteiger partial charge in [-0.05, 0) is 24.6 Å². The molecule has 0 unspecified atom stereocenters. The first-order valence-corrected chi connectivity index (χ1v) is 5.01. The number of halogens is 1. The minimum absolute atomic E-state index is 0.344. The summed E-state index contributed by atoms with van der Waals surface area (Å²) in [6.45, 7) is 1.88. The van der Waals surface area contributed by atoms with Gasteiger partial charge in [0.25, 0.3) is 0 Å². The molecular formula is C11H12FN5. The molecule has 1 heterocycles. The average molecular weight is 233 g/mol. The number of nitrogens with two attached hydrogens (primary N) is 1. The van der Waals surface area contributed by atoms with E-state index in [4.69, 9.17) is 5.84 Å². The lowest BCUT2D eigenvalue weighted by Crippen LogP contribution is -2.09. The van der Waals surface area contributed by atoms with Gasteiger partial charge in [0.05, 0.1) is 18.1 Å². The van der Waals surface area contributed by atoms with Gasteiger partial charge in [-0.3, -0.25) is 4.98 Å². The van der Waals surface area contributed by atoms with Crippen LogP contribution in [0.5, 0.6) is 0 Å². The van der Waals surface area contributed by atoms with E-state index in [0.717, 1.165) is 5.56 Å². The maximum Gasteiger partial charge on any atom is 0.160 e. The van der Waals surface area contributed by atoms with Crippen molar-refractivity contribution in [2.75, 3.05) is 10.7 Å². The zero-order valence-corrected chi connectivity index (χ0v) is 9.24. The molecule has 0 amide bonds. The summed E-state index contributed by atoms with van der Waals surface area (Å²) >= 11 is 0. The number of nitrogens with zero attached hydrogens (tertiary/aromatic N) is 2. The van der Waals surface area contributed by atoms with E-state index in [1.54, 1.807) is 12.1 Å². The number of nitrogens with one attached hydrogen (secondary N) is 2. The Balaban J connectivity index is 2.27. The van der Waals surface area contributed by atoms with Crippen LogP contribution in [0.25, 0.3) is 0 Å². The molecule has 0 aliphatic rings. The maximum absolute atomic E-state index is 13.5. The molecule has 0 saturated carbocycles. The predicted molar refractivity (Wildman–Crippen MR) is 64.3 cm³/mol.